The Bertz CT molecular complexity index is 466. The first-order valence-corrected chi connectivity index (χ1v) is 8.15. The van der Waals surface area contributed by atoms with Crippen LogP contribution >= 0.6 is 0 Å². The molecule has 0 saturated heterocycles. The van der Waals surface area contributed by atoms with Crippen molar-refractivity contribution in [2.75, 3.05) is 13.2 Å². The van der Waals surface area contributed by atoms with Gasteiger partial charge < -0.3 is 10.4 Å². The van der Waals surface area contributed by atoms with E-state index in [2.05, 4.69) is 30.4 Å². The second-order valence-corrected chi connectivity index (χ2v) is 6.20. The predicted molar refractivity (Wildman–Crippen MR) is 85.3 cm³/mol. The maximum absolute atomic E-state index is 12.6. The van der Waals surface area contributed by atoms with Crippen LogP contribution in [0.2, 0.25) is 0 Å². The van der Waals surface area contributed by atoms with Crippen molar-refractivity contribution in [3.05, 3.63) is 35.4 Å². The van der Waals surface area contributed by atoms with Gasteiger partial charge >= 0.3 is 0 Å². The Balaban J connectivity index is 1.87. The van der Waals surface area contributed by atoms with E-state index in [1.54, 1.807) is 0 Å². The third-order valence-corrected chi connectivity index (χ3v) is 4.58. The number of carbonyl (C=O) groups is 1. The molecule has 0 unspecified atom stereocenters. The van der Waals surface area contributed by atoms with E-state index >= 15 is 0 Å². The van der Waals surface area contributed by atoms with Crippen LogP contribution in [0.4, 0.5) is 0 Å². The highest BCUT2D eigenvalue weighted by Crippen LogP contribution is 2.44. The molecule has 0 spiro atoms. The van der Waals surface area contributed by atoms with Gasteiger partial charge in [-0.05, 0) is 38.2 Å². The SMILES string of the molecule is Cc1cccc(C2(C(=O)NCCCCCCO)CCC2)c1. The molecular weight excluding hydrogens is 262 g/mol. The number of unbranched alkanes of at least 4 members (excludes halogenated alkanes) is 3. The predicted octanol–water partition coefficient (Wildman–Crippen LogP) is 3.09. The molecule has 1 aliphatic rings. The van der Waals surface area contributed by atoms with E-state index in [1.165, 1.54) is 11.1 Å². The second-order valence-electron chi connectivity index (χ2n) is 6.20. The molecule has 0 atom stereocenters. The minimum Gasteiger partial charge on any atom is -0.396 e. The van der Waals surface area contributed by atoms with Gasteiger partial charge in [0.05, 0.1) is 5.41 Å². The number of aliphatic hydroxyl groups excluding tert-OH is 1. The standard InChI is InChI=1S/C18H27NO2/c1-15-8-6-9-16(14-15)18(10-7-11-18)17(21)19-12-4-2-3-5-13-20/h6,8-9,14,20H,2-5,7,10-13H2,1H3,(H,19,21). The molecule has 2 rings (SSSR count). The molecule has 21 heavy (non-hydrogen) atoms. The van der Waals surface area contributed by atoms with Crippen LogP contribution < -0.4 is 5.32 Å². The largest absolute Gasteiger partial charge is 0.396 e. The molecule has 2 N–H and O–H groups in total. The van der Waals surface area contributed by atoms with Crippen molar-refractivity contribution >= 4 is 5.91 Å². The minimum atomic E-state index is -0.281. The molecule has 1 fully saturated rings. The van der Waals surface area contributed by atoms with Crippen molar-refractivity contribution in [1.29, 1.82) is 0 Å². The molecule has 1 aromatic rings. The fraction of sp³-hybridized carbons (Fsp3) is 0.611. The highest BCUT2D eigenvalue weighted by atomic mass is 16.2. The van der Waals surface area contributed by atoms with E-state index < -0.39 is 0 Å². The molecule has 1 saturated carbocycles. The first-order chi connectivity index (χ1) is 10.2. The minimum absolute atomic E-state index is 0.196. The van der Waals surface area contributed by atoms with Gasteiger partial charge in [0, 0.05) is 13.2 Å². The molecule has 1 amide bonds. The Labute approximate surface area is 127 Å². The smallest absolute Gasteiger partial charge is 0.230 e. The van der Waals surface area contributed by atoms with Gasteiger partial charge in [0.1, 0.15) is 0 Å². The van der Waals surface area contributed by atoms with Crippen LogP contribution in [0.5, 0.6) is 0 Å². The Hall–Kier alpha value is -1.35. The summed E-state index contributed by atoms with van der Waals surface area (Å²) in [5.74, 6) is 0.196. The summed E-state index contributed by atoms with van der Waals surface area (Å²) in [6.07, 6.45) is 7.03. The highest BCUT2D eigenvalue weighted by Gasteiger charge is 2.45. The van der Waals surface area contributed by atoms with Gasteiger partial charge in [0.15, 0.2) is 0 Å². The summed E-state index contributed by atoms with van der Waals surface area (Å²) < 4.78 is 0. The van der Waals surface area contributed by atoms with Crippen LogP contribution in [0.25, 0.3) is 0 Å². The monoisotopic (exact) mass is 289 g/mol. The summed E-state index contributed by atoms with van der Waals surface area (Å²) in [5, 5.41) is 11.9. The molecule has 116 valence electrons. The zero-order valence-corrected chi connectivity index (χ0v) is 13.0. The fourth-order valence-electron chi connectivity index (χ4n) is 3.08. The summed E-state index contributed by atoms with van der Waals surface area (Å²) in [7, 11) is 0. The van der Waals surface area contributed by atoms with Crippen LogP contribution in [-0.4, -0.2) is 24.2 Å². The van der Waals surface area contributed by atoms with Crippen molar-refractivity contribution in [3.63, 3.8) is 0 Å². The number of nitrogens with one attached hydrogen (secondary N) is 1. The lowest BCUT2D eigenvalue weighted by atomic mass is 9.63. The molecule has 1 aliphatic carbocycles. The molecule has 0 aliphatic heterocycles. The Morgan fingerprint density at radius 1 is 1.24 bits per heavy atom. The van der Waals surface area contributed by atoms with Crippen molar-refractivity contribution in [2.24, 2.45) is 0 Å². The number of rotatable bonds is 8. The van der Waals surface area contributed by atoms with Crippen molar-refractivity contribution in [1.82, 2.24) is 5.32 Å². The van der Waals surface area contributed by atoms with Gasteiger partial charge in [-0.2, -0.15) is 0 Å². The molecule has 0 bridgehead atoms. The summed E-state index contributed by atoms with van der Waals surface area (Å²) in [4.78, 5) is 12.6. The van der Waals surface area contributed by atoms with Gasteiger partial charge in [-0.3, -0.25) is 4.79 Å². The summed E-state index contributed by atoms with van der Waals surface area (Å²) in [6, 6.07) is 8.37. The quantitative estimate of drug-likeness (QED) is 0.723. The molecule has 3 heteroatoms. The Morgan fingerprint density at radius 2 is 2.00 bits per heavy atom. The van der Waals surface area contributed by atoms with Crippen molar-refractivity contribution in [2.45, 2.75) is 57.3 Å². The van der Waals surface area contributed by atoms with E-state index in [9.17, 15) is 4.79 Å². The maximum Gasteiger partial charge on any atom is 0.230 e. The number of hydrogen-bond acceptors (Lipinski definition) is 2. The van der Waals surface area contributed by atoms with E-state index in [1.807, 2.05) is 6.07 Å². The summed E-state index contributed by atoms with van der Waals surface area (Å²) in [6.45, 7) is 3.09. The lowest BCUT2D eigenvalue weighted by molar-refractivity contribution is -0.129. The van der Waals surface area contributed by atoms with Gasteiger partial charge in [-0.15, -0.1) is 0 Å². The molecule has 1 aromatic carbocycles. The number of benzene rings is 1. The van der Waals surface area contributed by atoms with Gasteiger partial charge in [0.25, 0.3) is 0 Å². The van der Waals surface area contributed by atoms with Crippen LogP contribution in [0.15, 0.2) is 24.3 Å². The van der Waals surface area contributed by atoms with Crippen LogP contribution in [-0.2, 0) is 10.2 Å². The number of aryl methyl sites for hydroxylation is 1. The van der Waals surface area contributed by atoms with Crippen LogP contribution in [0, 0.1) is 6.92 Å². The lowest BCUT2D eigenvalue weighted by Gasteiger charge is -2.41. The Morgan fingerprint density at radius 3 is 2.62 bits per heavy atom. The zero-order valence-electron chi connectivity index (χ0n) is 13.0. The number of carbonyl (C=O) groups excluding carboxylic acids is 1. The molecule has 0 heterocycles. The molecule has 0 aromatic heterocycles. The summed E-state index contributed by atoms with van der Waals surface area (Å²) in [5.41, 5.74) is 2.11. The number of amides is 1. The fourth-order valence-corrected chi connectivity index (χ4v) is 3.08. The third-order valence-electron chi connectivity index (χ3n) is 4.58. The first kappa shape index (κ1) is 16.0. The van der Waals surface area contributed by atoms with Crippen LogP contribution in [0.1, 0.15) is 56.1 Å². The average Bonchev–Trinajstić information content (AvgIpc) is 2.41. The number of aliphatic hydroxyl groups is 1. The highest BCUT2D eigenvalue weighted by molar-refractivity contribution is 5.89. The zero-order chi connectivity index (χ0) is 15.1. The maximum atomic E-state index is 12.6. The second kappa shape index (κ2) is 7.60. The van der Waals surface area contributed by atoms with Gasteiger partial charge in [0.2, 0.25) is 5.91 Å². The van der Waals surface area contributed by atoms with Gasteiger partial charge in [-0.25, -0.2) is 0 Å². The average molecular weight is 289 g/mol. The number of hydrogen-bond donors (Lipinski definition) is 2. The van der Waals surface area contributed by atoms with E-state index in [0.29, 0.717) is 0 Å². The summed E-state index contributed by atoms with van der Waals surface area (Å²) >= 11 is 0. The van der Waals surface area contributed by atoms with Crippen molar-refractivity contribution in [3.8, 4) is 0 Å². The van der Waals surface area contributed by atoms with Gasteiger partial charge in [-0.1, -0.05) is 49.1 Å². The third kappa shape index (κ3) is 3.85. The van der Waals surface area contributed by atoms with E-state index in [0.717, 1.165) is 51.5 Å². The normalized spacial score (nSPS) is 16.3. The van der Waals surface area contributed by atoms with E-state index in [4.69, 9.17) is 5.11 Å². The molecular formula is C18H27NO2. The van der Waals surface area contributed by atoms with Crippen LogP contribution in [0.3, 0.4) is 0 Å². The molecule has 0 radical (unpaired) electrons. The van der Waals surface area contributed by atoms with Crippen molar-refractivity contribution < 1.29 is 9.90 Å². The lowest BCUT2D eigenvalue weighted by Crippen LogP contribution is -2.49. The topological polar surface area (TPSA) is 49.3 Å². The first-order valence-electron chi connectivity index (χ1n) is 8.15. The Kier molecular flexibility index (Phi) is 5.80. The molecule has 3 nitrogen and oxygen atoms in total. The van der Waals surface area contributed by atoms with E-state index in [-0.39, 0.29) is 17.9 Å².